The number of aromatic amines is 1. The van der Waals surface area contributed by atoms with Gasteiger partial charge in [-0.1, -0.05) is 0 Å². The minimum absolute atomic E-state index is 0.0301. The molecule has 3 rings (SSSR count). The molecule has 0 spiro atoms. The number of hydrogen-bond donors (Lipinski definition) is 2. The Morgan fingerprint density at radius 2 is 1.80 bits per heavy atom. The summed E-state index contributed by atoms with van der Waals surface area (Å²) in [6, 6.07) is 4.93. The zero-order valence-corrected chi connectivity index (χ0v) is 14.4. The first-order valence-electron chi connectivity index (χ1n) is 7.83. The number of nitrogens with zero attached hydrogens (tertiary/aromatic N) is 4. The van der Waals surface area contributed by atoms with E-state index in [0.717, 1.165) is 18.3 Å². The van der Waals surface area contributed by atoms with E-state index in [1.807, 2.05) is 0 Å². The molecular weight excluding hydrogens is 418 g/mol. The average molecular weight is 426 g/mol. The Hall–Kier alpha value is -4.08. The van der Waals surface area contributed by atoms with Crippen molar-refractivity contribution < 1.29 is 31.1 Å². The number of aromatic nitrogens is 4. The fraction of sp³-hybridized carbons (Fsp3) is 0.0588. The summed E-state index contributed by atoms with van der Waals surface area (Å²) in [6.07, 6.45) is -3.82. The number of H-pyrrole nitrogens is 1. The predicted octanol–water partition coefficient (Wildman–Crippen LogP) is 4.40. The molecule has 0 radical (unpaired) electrons. The maximum absolute atomic E-state index is 14.0. The number of nitrogens with one attached hydrogen (secondary N) is 2. The Balaban J connectivity index is 1.87. The molecule has 0 aliphatic heterocycles. The molecule has 3 aromatic rings. The number of alkyl halides is 3. The molecule has 30 heavy (non-hydrogen) atoms. The molecule has 0 aliphatic carbocycles. The Kier molecular flexibility index (Phi) is 5.58. The second-order valence-electron chi connectivity index (χ2n) is 5.56. The zero-order chi connectivity index (χ0) is 21.9. The van der Waals surface area contributed by atoms with Crippen LogP contribution in [0.3, 0.4) is 0 Å². The van der Waals surface area contributed by atoms with Crippen LogP contribution in [0.1, 0.15) is 11.4 Å². The van der Waals surface area contributed by atoms with Crippen molar-refractivity contribution >= 4 is 11.3 Å². The topological polar surface area (TPSA) is 99.5 Å². The van der Waals surface area contributed by atoms with Gasteiger partial charge in [0.1, 0.15) is 11.6 Å². The van der Waals surface area contributed by atoms with E-state index in [1.165, 1.54) is 6.07 Å². The van der Waals surface area contributed by atoms with Gasteiger partial charge in [0, 0.05) is 18.0 Å². The van der Waals surface area contributed by atoms with E-state index in [-0.39, 0.29) is 29.2 Å². The predicted molar refractivity (Wildman–Crippen MR) is 89.2 cm³/mol. The molecule has 0 fully saturated rings. The second-order valence-corrected chi connectivity index (χ2v) is 5.56. The molecule has 7 nitrogen and oxygen atoms in total. The van der Waals surface area contributed by atoms with Gasteiger partial charge in [0.25, 0.3) is 0 Å². The van der Waals surface area contributed by atoms with E-state index < -0.39 is 40.7 Å². The van der Waals surface area contributed by atoms with Crippen LogP contribution in [0, 0.1) is 28.8 Å². The lowest BCUT2D eigenvalue weighted by Gasteiger charge is -2.13. The lowest BCUT2D eigenvalue weighted by atomic mass is 10.2. The van der Waals surface area contributed by atoms with Crippen molar-refractivity contribution in [2.45, 2.75) is 6.18 Å². The third kappa shape index (κ3) is 4.49. The maximum Gasteiger partial charge on any atom is 0.416 e. The highest BCUT2D eigenvalue weighted by atomic mass is 19.4. The van der Waals surface area contributed by atoms with Crippen LogP contribution in [-0.4, -0.2) is 20.6 Å². The minimum Gasteiger partial charge on any atom is -0.448 e. The molecule has 0 saturated carbocycles. The summed E-state index contributed by atoms with van der Waals surface area (Å²) in [4.78, 5) is 0. The summed E-state index contributed by atoms with van der Waals surface area (Å²) >= 11 is 0. The maximum atomic E-state index is 14.0. The number of nitriles is 1. The number of rotatable bonds is 5. The molecule has 1 heterocycles. The van der Waals surface area contributed by atoms with Gasteiger partial charge in [0.05, 0.1) is 5.56 Å². The Bertz CT molecular complexity index is 1110. The largest absolute Gasteiger partial charge is 0.448 e. The number of ether oxygens (including phenoxy) is 1. The molecule has 0 bridgehead atoms. The fourth-order valence-electron chi connectivity index (χ4n) is 2.18. The molecule has 0 unspecified atom stereocenters. The highest BCUT2D eigenvalue weighted by Gasteiger charge is 2.33. The van der Waals surface area contributed by atoms with Crippen molar-refractivity contribution in [3.8, 4) is 17.6 Å². The first-order chi connectivity index (χ1) is 14.2. The fourth-order valence-corrected chi connectivity index (χ4v) is 2.18. The van der Waals surface area contributed by atoms with Crippen LogP contribution in [0.5, 0.6) is 11.5 Å². The SMILES string of the molecule is N#CC(=CNc1ccc(F)c(Oc2c(F)cc(C(F)(F)F)cc2F)c1)c1nn[nH]n1. The van der Waals surface area contributed by atoms with Gasteiger partial charge < -0.3 is 10.1 Å². The van der Waals surface area contributed by atoms with Crippen LogP contribution in [0.15, 0.2) is 36.5 Å². The first-order valence-corrected chi connectivity index (χ1v) is 7.83. The molecule has 13 heteroatoms. The number of benzene rings is 2. The molecule has 2 aromatic carbocycles. The van der Waals surface area contributed by atoms with Gasteiger partial charge in [0.2, 0.25) is 5.82 Å². The number of hydrogen-bond acceptors (Lipinski definition) is 6. The van der Waals surface area contributed by atoms with E-state index in [1.54, 1.807) is 6.07 Å². The van der Waals surface area contributed by atoms with Crippen molar-refractivity contribution in [1.29, 1.82) is 5.26 Å². The Morgan fingerprint density at radius 3 is 2.37 bits per heavy atom. The molecule has 0 saturated heterocycles. The van der Waals surface area contributed by atoms with Crippen LogP contribution in [0.2, 0.25) is 0 Å². The standard InChI is InChI=1S/C17H8F6N6O/c18-11-2-1-10(25-7-8(6-24)16-26-28-29-27-16)5-14(11)30-15-12(19)3-9(4-13(15)20)17(21,22)23/h1-5,7,25H,(H,26,27,28,29). The lowest BCUT2D eigenvalue weighted by Crippen LogP contribution is -2.07. The van der Waals surface area contributed by atoms with Gasteiger partial charge in [-0.25, -0.2) is 13.2 Å². The van der Waals surface area contributed by atoms with Gasteiger partial charge >= 0.3 is 6.18 Å². The van der Waals surface area contributed by atoms with E-state index in [0.29, 0.717) is 0 Å². The summed E-state index contributed by atoms with van der Waals surface area (Å²) in [7, 11) is 0. The summed E-state index contributed by atoms with van der Waals surface area (Å²) in [6.45, 7) is 0. The van der Waals surface area contributed by atoms with Crippen molar-refractivity contribution in [2.24, 2.45) is 0 Å². The van der Waals surface area contributed by atoms with E-state index >= 15 is 0 Å². The van der Waals surface area contributed by atoms with Gasteiger partial charge in [-0.2, -0.15) is 23.6 Å². The summed E-state index contributed by atoms with van der Waals surface area (Å²) in [5, 5.41) is 24.3. The lowest BCUT2D eigenvalue weighted by molar-refractivity contribution is -0.138. The monoisotopic (exact) mass is 426 g/mol. The third-order valence-corrected chi connectivity index (χ3v) is 3.56. The van der Waals surface area contributed by atoms with Gasteiger partial charge in [-0.05, 0) is 29.5 Å². The van der Waals surface area contributed by atoms with E-state index in [9.17, 15) is 26.3 Å². The number of anilines is 1. The zero-order valence-electron chi connectivity index (χ0n) is 14.4. The molecule has 0 aliphatic rings. The first kappa shape index (κ1) is 20.6. The highest BCUT2D eigenvalue weighted by molar-refractivity contribution is 5.74. The smallest absolute Gasteiger partial charge is 0.416 e. The van der Waals surface area contributed by atoms with Crippen molar-refractivity contribution in [3.05, 3.63) is 65.4 Å². The second kappa shape index (κ2) is 8.11. The van der Waals surface area contributed by atoms with Crippen LogP contribution in [0.25, 0.3) is 5.57 Å². The molecule has 2 N–H and O–H groups in total. The van der Waals surface area contributed by atoms with Crippen LogP contribution >= 0.6 is 0 Å². The van der Waals surface area contributed by atoms with Crippen molar-refractivity contribution in [2.75, 3.05) is 5.32 Å². The molecule has 0 atom stereocenters. The quantitative estimate of drug-likeness (QED) is 0.463. The van der Waals surface area contributed by atoms with Gasteiger partial charge in [-0.3, -0.25) is 0 Å². The molecule has 0 amide bonds. The Morgan fingerprint density at radius 1 is 1.10 bits per heavy atom. The van der Waals surface area contributed by atoms with Crippen molar-refractivity contribution in [3.63, 3.8) is 0 Å². The molecular formula is C17H8F6N6O. The van der Waals surface area contributed by atoms with Gasteiger partial charge in [0.15, 0.2) is 29.0 Å². The third-order valence-electron chi connectivity index (χ3n) is 3.56. The number of halogens is 6. The molecule has 154 valence electrons. The van der Waals surface area contributed by atoms with Crippen LogP contribution < -0.4 is 10.1 Å². The highest BCUT2D eigenvalue weighted by Crippen LogP contribution is 2.36. The number of allylic oxidation sites excluding steroid dienone is 1. The normalized spacial score (nSPS) is 11.8. The van der Waals surface area contributed by atoms with Crippen LogP contribution in [-0.2, 0) is 6.18 Å². The summed E-state index contributed by atoms with van der Waals surface area (Å²) < 4.78 is 84.6. The van der Waals surface area contributed by atoms with Crippen LogP contribution in [0.4, 0.5) is 32.0 Å². The minimum atomic E-state index is -4.97. The Labute approximate surface area is 163 Å². The average Bonchev–Trinajstić information content (AvgIpc) is 3.21. The molecule has 1 aromatic heterocycles. The van der Waals surface area contributed by atoms with E-state index in [4.69, 9.17) is 10.00 Å². The summed E-state index contributed by atoms with van der Waals surface area (Å²) in [5.74, 6) is -6.28. The van der Waals surface area contributed by atoms with Gasteiger partial charge in [-0.15, -0.1) is 10.2 Å². The summed E-state index contributed by atoms with van der Waals surface area (Å²) in [5.41, 5.74) is -1.48. The van der Waals surface area contributed by atoms with E-state index in [2.05, 4.69) is 25.9 Å². The number of tetrazole rings is 1. The van der Waals surface area contributed by atoms with Crippen molar-refractivity contribution in [1.82, 2.24) is 20.6 Å².